The largest absolute Gasteiger partial charge is 0.489 e. The van der Waals surface area contributed by atoms with Gasteiger partial charge < -0.3 is 4.74 Å². The van der Waals surface area contributed by atoms with Crippen molar-refractivity contribution in [3.63, 3.8) is 0 Å². The van der Waals surface area contributed by atoms with Crippen LogP contribution in [0.1, 0.15) is 47.8 Å². The van der Waals surface area contributed by atoms with E-state index in [1.54, 1.807) is 29.7 Å². The molecule has 0 radical (unpaired) electrons. The van der Waals surface area contributed by atoms with Gasteiger partial charge in [-0.05, 0) is 69.0 Å². The Morgan fingerprint density at radius 2 is 1.94 bits per heavy atom. The molecule has 2 heterocycles. The second-order valence-corrected chi connectivity index (χ2v) is 8.77. The Balaban J connectivity index is 1.36. The zero-order chi connectivity index (χ0) is 24.1. The van der Waals surface area contributed by atoms with E-state index < -0.39 is 5.91 Å². The van der Waals surface area contributed by atoms with Crippen LogP contribution in [-0.4, -0.2) is 39.6 Å². The number of rotatable bonds is 7. The predicted molar refractivity (Wildman–Crippen MR) is 128 cm³/mol. The second-order valence-electron chi connectivity index (χ2n) is 8.77. The number of aromatic nitrogens is 1. The first-order chi connectivity index (χ1) is 16.4. The molecule has 0 spiro atoms. The topological polar surface area (TPSA) is 104 Å². The fourth-order valence-electron chi connectivity index (χ4n) is 4.51. The summed E-state index contributed by atoms with van der Waals surface area (Å²) in [6.07, 6.45) is 1.96. The Kier molecular flexibility index (Phi) is 7.40. The fraction of sp³-hybridized carbons (Fsp3) is 0.346. The summed E-state index contributed by atoms with van der Waals surface area (Å²) < 4.78 is 5.99. The van der Waals surface area contributed by atoms with Gasteiger partial charge in [0.05, 0.1) is 5.52 Å². The lowest BCUT2D eigenvalue weighted by molar-refractivity contribution is -0.131. The smallest absolute Gasteiger partial charge is 0.265 e. The summed E-state index contributed by atoms with van der Waals surface area (Å²) >= 11 is 0. The molecule has 3 N–H and O–H groups in total. The van der Waals surface area contributed by atoms with Crippen LogP contribution in [0.5, 0.6) is 5.75 Å². The number of hydrogen-bond acceptors (Lipinski definition) is 6. The first-order valence-electron chi connectivity index (χ1n) is 11.5. The number of benzene rings is 2. The molecule has 2 aromatic carbocycles. The van der Waals surface area contributed by atoms with Gasteiger partial charge in [0.2, 0.25) is 5.91 Å². The first kappa shape index (κ1) is 23.7. The SMILES string of the molecule is Cc1cc(COc2ccc(C(=O)NN3CCCC(CC(=O)NO)C3C)cc2)c2ccccc2n1. The lowest BCUT2D eigenvalue weighted by atomic mass is 9.88. The number of hydrogen-bond donors (Lipinski definition) is 3. The molecule has 1 aliphatic rings. The molecule has 0 saturated carbocycles. The number of carbonyl (C=O) groups is 2. The van der Waals surface area contributed by atoms with Crippen molar-refractivity contribution in [2.45, 2.75) is 45.8 Å². The maximum absolute atomic E-state index is 12.8. The lowest BCUT2D eigenvalue weighted by Crippen LogP contribution is -2.53. The molecule has 3 aromatic rings. The maximum Gasteiger partial charge on any atom is 0.265 e. The average Bonchev–Trinajstić information content (AvgIpc) is 2.85. The van der Waals surface area contributed by atoms with Crippen molar-refractivity contribution in [1.82, 2.24) is 20.9 Å². The van der Waals surface area contributed by atoms with Crippen molar-refractivity contribution < 1.29 is 19.5 Å². The van der Waals surface area contributed by atoms with E-state index in [-0.39, 0.29) is 24.3 Å². The van der Waals surface area contributed by atoms with Crippen LogP contribution in [0.4, 0.5) is 0 Å². The average molecular weight is 463 g/mol. The molecule has 8 heteroatoms. The predicted octanol–water partition coefficient (Wildman–Crippen LogP) is 3.76. The fourth-order valence-corrected chi connectivity index (χ4v) is 4.51. The molecule has 8 nitrogen and oxygen atoms in total. The molecule has 2 amide bonds. The minimum atomic E-state index is -0.407. The Hall–Kier alpha value is -3.49. The van der Waals surface area contributed by atoms with Crippen LogP contribution in [-0.2, 0) is 11.4 Å². The zero-order valence-electron chi connectivity index (χ0n) is 19.5. The van der Waals surface area contributed by atoms with Gasteiger partial charge in [0.25, 0.3) is 5.91 Å². The lowest BCUT2D eigenvalue weighted by Gasteiger charge is -2.39. The number of nitrogens with one attached hydrogen (secondary N) is 2. The van der Waals surface area contributed by atoms with Crippen LogP contribution in [0.2, 0.25) is 0 Å². The normalized spacial score (nSPS) is 18.4. The van der Waals surface area contributed by atoms with Gasteiger partial charge in [0.1, 0.15) is 12.4 Å². The molecule has 2 unspecified atom stereocenters. The highest BCUT2D eigenvalue weighted by molar-refractivity contribution is 5.94. The van der Waals surface area contributed by atoms with E-state index in [1.165, 1.54) is 0 Å². The third-order valence-corrected chi connectivity index (χ3v) is 6.41. The summed E-state index contributed by atoms with van der Waals surface area (Å²) in [6.45, 7) is 5.07. The number of nitrogens with zero attached hydrogens (tertiary/aromatic N) is 2. The number of hydrazine groups is 1. The summed E-state index contributed by atoms with van der Waals surface area (Å²) in [4.78, 5) is 28.9. The number of hydroxylamine groups is 1. The van der Waals surface area contributed by atoms with Gasteiger partial charge in [-0.15, -0.1) is 0 Å². The third kappa shape index (κ3) is 5.52. The van der Waals surface area contributed by atoms with Gasteiger partial charge in [-0.3, -0.25) is 25.2 Å². The van der Waals surface area contributed by atoms with Crippen molar-refractivity contribution in [3.8, 4) is 5.75 Å². The third-order valence-electron chi connectivity index (χ3n) is 6.41. The van der Waals surface area contributed by atoms with E-state index in [4.69, 9.17) is 9.94 Å². The van der Waals surface area contributed by atoms with Crippen molar-refractivity contribution in [1.29, 1.82) is 0 Å². The number of ether oxygens (including phenoxy) is 1. The van der Waals surface area contributed by atoms with Crippen molar-refractivity contribution in [2.75, 3.05) is 6.54 Å². The molecular weight excluding hydrogens is 432 g/mol. The van der Waals surface area contributed by atoms with Gasteiger partial charge in [0.15, 0.2) is 0 Å². The minimum absolute atomic E-state index is 0.0174. The molecule has 1 saturated heterocycles. The number of carbonyl (C=O) groups excluding carboxylic acids is 2. The summed E-state index contributed by atoms with van der Waals surface area (Å²) in [5.41, 5.74) is 8.13. The van der Waals surface area contributed by atoms with Crippen LogP contribution >= 0.6 is 0 Å². The Morgan fingerprint density at radius 1 is 1.18 bits per heavy atom. The number of amides is 2. The molecular formula is C26H30N4O4. The summed E-state index contributed by atoms with van der Waals surface area (Å²) in [7, 11) is 0. The summed E-state index contributed by atoms with van der Waals surface area (Å²) in [5, 5.41) is 11.7. The van der Waals surface area contributed by atoms with Crippen molar-refractivity contribution >= 4 is 22.7 Å². The van der Waals surface area contributed by atoms with Crippen molar-refractivity contribution in [2.24, 2.45) is 5.92 Å². The van der Waals surface area contributed by atoms with Gasteiger partial charge in [-0.25, -0.2) is 10.5 Å². The molecule has 0 aliphatic carbocycles. The molecule has 1 aliphatic heterocycles. The molecule has 2 atom stereocenters. The minimum Gasteiger partial charge on any atom is -0.489 e. The van der Waals surface area contributed by atoms with Crippen molar-refractivity contribution in [3.05, 3.63) is 71.4 Å². The van der Waals surface area contributed by atoms with Crippen LogP contribution in [0.3, 0.4) is 0 Å². The highest BCUT2D eigenvalue weighted by Crippen LogP contribution is 2.25. The number of fused-ring (bicyclic) bond motifs is 1. The molecule has 178 valence electrons. The monoisotopic (exact) mass is 462 g/mol. The van der Waals surface area contributed by atoms with Crippen LogP contribution < -0.4 is 15.6 Å². The Labute approximate surface area is 198 Å². The zero-order valence-corrected chi connectivity index (χ0v) is 19.5. The summed E-state index contributed by atoms with van der Waals surface area (Å²) in [6, 6.07) is 17.1. The number of piperidine rings is 1. The van der Waals surface area contributed by atoms with Gasteiger partial charge in [0, 0.05) is 41.2 Å². The Bertz CT molecular complexity index is 1170. The first-order valence-corrected chi connectivity index (χ1v) is 11.5. The second kappa shape index (κ2) is 10.6. The standard InChI is InChI=1S/C26H30N4O4/c1-17-14-21(23-7-3-4-8-24(23)27-17)16-34-22-11-9-19(10-12-22)26(32)28-30-13-5-6-20(18(30)2)15-25(31)29-33/h3-4,7-12,14,18,20,33H,5-6,13,15-16H2,1-2H3,(H,28,32)(H,29,31). The molecule has 1 fully saturated rings. The van der Waals surface area contributed by atoms with E-state index in [9.17, 15) is 9.59 Å². The number of aryl methyl sites for hydroxylation is 1. The van der Waals surface area contributed by atoms with Gasteiger partial charge >= 0.3 is 0 Å². The van der Waals surface area contributed by atoms with E-state index >= 15 is 0 Å². The number of para-hydroxylation sites is 1. The highest BCUT2D eigenvalue weighted by Gasteiger charge is 2.30. The Morgan fingerprint density at radius 3 is 2.71 bits per heavy atom. The van der Waals surface area contributed by atoms with E-state index in [2.05, 4.69) is 10.4 Å². The number of pyridine rings is 1. The van der Waals surface area contributed by atoms with E-state index in [1.807, 2.05) is 49.2 Å². The summed E-state index contributed by atoms with van der Waals surface area (Å²) in [5.74, 6) is 0.123. The molecule has 0 bridgehead atoms. The van der Waals surface area contributed by atoms with Gasteiger partial charge in [-0.1, -0.05) is 18.2 Å². The van der Waals surface area contributed by atoms with Gasteiger partial charge in [-0.2, -0.15) is 0 Å². The van der Waals surface area contributed by atoms with Crippen LogP contribution in [0.15, 0.2) is 54.6 Å². The van der Waals surface area contributed by atoms with Crippen LogP contribution in [0.25, 0.3) is 10.9 Å². The van der Waals surface area contributed by atoms with E-state index in [0.29, 0.717) is 24.5 Å². The highest BCUT2D eigenvalue weighted by atomic mass is 16.5. The molecule has 1 aromatic heterocycles. The van der Waals surface area contributed by atoms with E-state index in [0.717, 1.165) is 35.0 Å². The maximum atomic E-state index is 12.8. The quantitative estimate of drug-likeness (QED) is 0.365. The molecule has 34 heavy (non-hydrogen) atoms. The molecule has 4 rings (SSSR count). The van der Waals surface area contributed by atoms with Crippen LogP contribution in [0, 0.1) is 12.8 Å².